The van der Waals surface area contributed by atoms with Crippen molar-refractivity contribution in [3.8, 4) is 5.75 Å². The lowest BCUT2D eigenvalue weighted by Gasteiger charge is -2.13. The summed E-state index contributed by atoms with van der Waals surface area (Å²) < 4.78 is 5.74. The van der Waals surface area contributed by atoms with E-state index in [1.807, 2.05) is 25.1 Å². The molecule has 2 amide bonds. The van der Waals surface area contributed by atoms with Crippen LogP contribution < -0.4 is 15.4 Å². The first-order valence-corrected chi connectivity index (χ1v) is 6.92. The Balaban J connectivity index is 2.58. The van der Waals surface area contributed by atoms with E-state index < -0.39 is 0 Å². The molecule has 0 atom stereocenters. The van der Waals surface area contributed by atoms with Crippen molar-refractivity contribution in [3.63, 3.8) is 0 Å². The number of aryl methyl sites for hydroxylation is 1. The van der Waals surface area contributed by atoms with Crippen molar-refractivity contribution in [1.82, 2.24) is 5.32 Å². The minimum absolute atomic E-state index is 0.0785. The van der Waals surface area contributed by atoms with Gasteiger partial charge in [0.2, 0.25) is 0 Å². The van der Waals surface area contributed by atoms with E-state index in [-0.39, 0.29) is 19.2 Å². The smallest absolute Gasteiger partial charge is 0.319 e. The second-order valence-electron chi connectivity index (χ2n) is 5.12. The molecule has 0 unspecified atom stereocenters. The van der Waals surface area contributed by atoms with Crippen LogP contribution in [0.25, 0.3) is 0 Å². The lowest BCUT2D eigenvalue weighted by Crippen LogP contribution is -2.30. The Hall–Kier alpha value is -1.75. The number of benzene rings is 1. The summed E-state index contributed by atoms with van der Waals surface area (Å²) in [4.78, 5) is 11.5. The van der Waals surface area contributed by atoms with Crippen LogP contribution in [-0.4, -0.2) is 30.9 Å². The predicted molar refractivity (Wildman–Crippen MR) is 80.2 cm³/mol. The fourth-order valence-electron chi connectivity index (χ4n) is 1.58. The molecule has 0 aromatic heterocycles. The van der Waals surface area contributed by atoms with Gasteiger partial charge in [-0.15, -0.1) is 0 Å². The van der Waals surface area contributed by atoms with Crippen molar-refractivity contribution in [3.05, 3.63) is 23.8 Å². The summed E-state index contributed by atoms with van der Waals surface area (Å²) in [6.07, 6.45) is 0.994. The zero-order chi connectivity index (χ0) is 15.0. The zero-order valence-electron chi connectivity index (χ0n) is 12.4. The number of rotatable bonds is 7. The number of aliphatic hydroxyl groups excluding tert-OH is 1. The molecule has 0 saturated carbocycles. The highest BCUT2D eigenvalue weighted by molar-refractivity contribution is 5.89. The van der Waals surface area contributed by atoms with Crippen LogP contribution in [0.2, 0.25) is 0 Å². The van der Waals surface area contributed by atoms with Crippen LogP contribution in [-0.2, 0) is 0 Å². The highest BCUT2D eigenvalue weighted by Gasteiger charge is 2.05. The second kappa shape index (κ2) is 8.43. The highest BCUT2D eigenvalue weighted by atomic mass is 16.5. The number of aliphatic hydroxyl groups is 1. The summed E-state index contributed by atoms with van der Waals surface area (Å²) in [5.74, 6) is 1.38. The van der Waals surface area contributed by atoms with E-state index in [9.17, 15) is 4.79 Å². The summed E-state index contributed by atoms with van der Waals surface area (Å²) in [6, 6.07) is 5.21. The number of urea groups is 1. The van der Waals surface area contributed by atoms with Crippen LogP contribution in [0.1, 0.15) is 25.8 Å². The minimum atomic E-state index is -0.337. The number of amides is 2. The fourth-order valence-corrected chi connectivity index (χ4v) is 1.58. The number of nitrogens with one attached hydrogen (secondary N) is 2. The Labute approximate surface area is 120 Å². The van der Waals surface area contributed by atoms with Crippen molar-refractivity contribution in [1.29, 1.82) is 0 Å². The Bertz CT molecular complexity index is 433. The number of carbonyl (C=O) groups excluding carboxylic acids is 1. The van der Waals surface area contributed by atoms with Gasteiger partial charge in [0.15, 0.2) is 0 Å². The van der Waals surface area contributed by atoms with Gasteiger partial charge < -0.3 is 20.5 Å². The molecule has 5 nitrogen and oxygen atoms in total. The van der Waals surface area contributed by atoms with Crippen molar-refractivity contribution in [2.75, 3.05) is 25.1 Å². The normalized spacial score (nSPS) is 10.4. The third kappa shape index (κ3) is 5.93. The average Bonchev–Trinajstić information content (AvgIpc) is 2.39. The molecular weight excluding hydrogens is 256 g/mol. The molecule has 20 heavy (non-hydrogen) atoms. The molecule has 0 fully saturated rings. The number of carbonyl (C=O) groups is 1. The van der Waals surface area contributed by atoms with Gasteiger partial charge in [0.25, 0.3) is 0 Å². The van der Waals surface area contributed by atoms with Crippen LogP contribution in [0.5, 0.6) is 5.75 Å². The molecule has 0 aliphatic rings. The molecule has 112 valence electrons. The zero-order valence-corrected chi connectivity index (χ0v) is 12.4. The van der Waals surface area contributed by atoms with Crippen molar-refractivity contribution >= 4 is 11.7 Å². The van der Waals surface area contributed by atoms with Gasteiger partial charge in [-0.25, -0.2) is 4.79 Å². The second-order valence-corrected chi connectivity index (χ2v) is 5.12. The van der Waals surface area contributed by atoms with Gasteiger partial charge >= 0.3 is 6.03 Å². The minimum Gasteiger partial charge on any atom is -0.493 e. The molecule has 0 heterocycles. The molecule has 3 N–H and O–H groups in total. The predicted octanol–water partition coefficient (Wildman–Crippen LogP) is 2.53. The van der Waals surface area contributed by atoms with Crippen molar-refractivity contribution in [2.24, 2.45) is 5.92 Å². The van der Waals surface area contributed by atoms with Crippen molar-refractivity contribution < 1.29 is 14.6 Å². The van der Waals surface area contributed by atoms with Gasteiger partial charge in [0.1, 0.15) is 5.75 Å². The molecule has 0 spiro atoms. The van der Waals surface area contributed by atoms with E-state index >= 15 is 0 Å². The quantitative estimate of drug-likeness (QED) is 0.719. The van der Waals surface area contributed by atoms with Gasteiger partial charge in [-0.05, 0) is 30.9 Å². The Morgan fingerprint density at radius 1 is 1.40 bits per heavy atom. The number of anilines is 1. The molecule has 0 aliphatic carbocycles. The first-order valence-electron chi connectivity index (χ1n) is 6.92. The maximum Gasteiger partial charge on any atom is 0.319 e. The third-order valence-electron chi connectivity index (χ3n) is 2.80. The van der Waals surface area contributed by atoms with Crippen LogP contribution in [0.15, 0.2) is 18.2 Å². The van der Waals surface area contributed by atoms with Gasteiger partial charge in [-0.1, -0.05) is 19.9 Å². The largest absolute Gasteiger partial charge is 0.493 e. The molecule has 0 aliphatic heterocycles. The molecule has 1 rings (SSSR count). The number of hydrogen-bond donors (Lipinski definition) is 3. The average molecular weight is 280 g/mol. The van der Waals surface area contributed by atoms with E-state index in [0.29, 0.717) is 18.2 Å². The Morgan fingerprint density at radius 2 is 2.15 bits per heavy atom. The Kier molecular flexibility index (Phi) is 6.87. The van der Waals surface area contributed by atoms with Gasteiger partial charge in [0.05, 0.1) is 13.2 Å². The Morgan fingerprint density at radius 3 is 2.80 bits per heavy atom. The molecule has 1 aromatic carbocycles. The van der Waals surface area contributed by atoms with Gasteiger partial charge in [-0.3, -0.25) is 0 Å². The lowest BCUT2D eigenvalue weighted by molar-refractivity contribution is 0.245. The van der Waals surface area contributed by atoms with Crippen LogP contribution in [0.4, 0.5) is 10.5 Å². The maximum absolute atomic E-state index is 11.5. The molecule has 0 saturated heterocycles. The summed E-state index contributed by atoms with van der Waals surface area (Å²) in [5, 5.41) is 13.9. The number of ether oxygens (including phenoxy) is 1. The van der Waals surface area contributed by atoms with Crippen molar-refractivity contribution in [2.45, 2.75) is 27.2 Å². The SMILES string of the molecule is Cc1ccc(NC(=O)NCCO)cc1OCCC(C)C. The lowest BCUT2D eigenvalue weighted by atomic mass is 10.1. The fraction of sp³-hybridized carbons (Fsp3) is 0.533. The summed E-state index contributed by atoms with van der Waals surface area (Å²) in [5.41, 5.74) is 1.71. The molecule has 5 heteroatoms. The topological polar surface area (TPSA) is 70.6 Å². The first kappa shape index (κ1) is 16.3. The standard InChI is InChI=1S/C15H24N2O3/c1-11(2)6-9-20-14-10-13(5-4-12(14)3)17-15(19)16-7-8-18/h4-5,10-11,18H,6-9H2,1-3H3,(H2,16,17,19). The van der Waals surface area contributed by atoms with E-state index in [2.05, 4.69) is 24.5 Å². The molecule has 1 aromatic rings. The van der Waals surface area contributed by atoms with E-state index in [1.165, 1.54) is 0 Å². The van der Waals surface area contributed by atoms with E-state index in [0.717, 1.165) is 17.7 Å². The summed E-state index contributed by atoms with van der Waals surface area (Å²) in [7, 11) is 0. The van der Waals surface area contributed by atoms with E-state index in [4.69, 9.17) is 9.84 Å². The summed E-state index contributed by atoms with van der Waals surface area (Å²) in [6.45, 7) is 7.10. The van der Waals surface area contributed by atoms with Gasteiger partial charge in [-0.2, -0.15) is 0 Å². The van der Waals surface area contributed by atoms with E-state index in [1.54, 1.807) is 0 Å². The monoisotopic (exact) mass is 280 g/mol. The molecule has 0 bridgehead atoms. The number of hydrogen-bond acceptors (Lipinski definition) is 3. The summed E-state index contributed by atoms with van der Waals surface area (Å²) >= 11 is 0. The molecule has 0 radical (unpaired) electrons. The van der Waals surface area contributed by atoms with Crippen LogP contribution >= 0.6 is 0 Å². The third-order valence-corrected chi connectivity index (χ3v) is 2.80. The highest BCUT2D eigenvalue weighted by Crippen LogP contribution is 2.23. The first-order chi connectivity index (χ1) is 9.52. The maximum atomic E-state index is 11.5. The van der Waals surface area contributed by atoms with Gasteiger partial charge in [0, 0.05) is 18.3 Å². The van der Waals surface area contributed by atoms with Crippen LogP contribution in [0, 0.1) is 12.8 Å². The van der Waals surface area contributed by atoms with Crippen LogP contribution in [0.3, 0.4) is 0 Å². The molecular formula is C15H24N2O3.